The molecule has 6 rings (SSSR count). The first-order valence-electron chi connectivity index (χ1n) is 12.8. The fraction of sp³-hybridized carbons (Fsp3) is 0.480. The summed E-state index contributed by atoms with van der Waals surface area (Å²) < 4.78 is 29.6. The van der Waals surface area contributed by atoms with Crippen molar-refractivity contribution in [3.63, 3.8) is 0 Å². The van der Waals surface area contributed by atoms with E-state index in [-0.39, 0.29) is 40.2 Å². The number of nitrogens with two attached hydrogens (primary N) is 1. The van der Waals surface area contributed by atoms with E-state index in [1.165, 1.54) is 6.20 Å². The number of piperazine rings is 1. The average molecular weight is 526 g/mol. The summed E-state index contributed by atoms with van der Waals surface area (Å²) in [6.07, 6.45) is 7.92. The van der Waals surface area contributed by atoms with E-state index < -0.39 is 17.5 Å². The largest absolute Gasteiger partial charge is 0.381 e. The van der Waals surface area contributed by atoms with Crippen molar-refractivity contribution in [2.45, 2.75) is 37.8 Å². The van der Waals surface area contributed by atoms with Gasteiger partial charge in [-0.1, -0.05) is 0 Å². The number of hydrogen-bond donors (Lipinski definition) is 2. The molecule has 2 bridgehead atoms. The number of pyridine rings is 1. The number of piperidine rings is 1. The van der Waals surface area contributed by atoms with Crippen molar-refractivity contribution in [2.24, 2.45) is 5.92 Å². The minimum absolute atomic E-state index is 0.0503. The van der Waals surface area contributed by atoms with Crippen molar-refractivity contribution in [2.75, 3.05) is 49.2 Å². The Morgan fingerprint density at radius 1 is 1.05 bits per heavy atom. The third kappa shape index (κ3) is 4.20. The number of amides is 2. The van der Waals surface area contributed by atoms with Crippen molar-refractivity contribution in [3.05, 3.63) is 42.0 Å². The summed E-state index contributed by atoms with van der Waals surface area (Å²) in [4.78, 5) is 40.5. The lowest BCUT2D eigenvalue weighted by atomic mass is 9.94. The maximum Gasteiger partial charge on any atom is 0.263 e. The van der Waals surface area contributed by atoms with E-state index in [2.05, 4.69) is 32.3 Å². The van der Waals surface area contributed by atoms with Crippen LogP contribution in [0.3, 0.4) is 0 Å². The van der Waals surface area contributed by atoms with Gasteiger partial charge in [0.05, 0.1) is 30.5 Å². The first-order valence-corrected chi connectivity index (χ1v) is 12.8. The van der Waals surface area contributed by atoms with Crippen molar-refractivity contribution < 1.29 is 18.4 Å². The first-order chi connectivity index (χ1) is 18.3. The molecule has 38 heavy (non-hydrogen) atoms. The zero-order valence-electron chi connectivity index (χ0n) is 21.0. The van der Waals surface area contributed by atoms with Gasteiger partial charge >= 0.3 is 0 Å². The molecule has 0 saturated carbocycles. The number of hydrogen-bond acceptors (Lipinski definition) is 8. The van der Waals surface area contributed by atoms with Gasteiger partial charge in [0.2, 0.25) is 5.91 Å². The number of carbonyl (C=O) groups excluding carboxylic acids is 2. The highest BCUT2D eigenvalue weighted by Gasteiger charge is 2.41. The fourth-order valence-corrected chi connectivity index (χ4v) is 6.07. The number of nitrogens with zero attached hydrogens (tertiary/aromatic N) is 7. The molecule has 2 atom stereocenters. The predicted octanol–water partition coefficient (Wildman–Crippen LogP) is 1.76. The molecule has 3 N–H and O–H groups in total. The number of halogens is 2. The summed E-state index contributed by atoms with van der Waals surface area (Å²) >= 11 is 0. The normalized spacial score (nSPS) is 22.3. The fourth-order valence-electron chi connectivity index (χ4n) is 6.07. The predicted molar refractivity (Wildman–Crippen MR) is 136 cm³/mol. The van der Waals surface area contributed by atoms with Crippen LogP contribution < -0.4 is 16.0 Å². The summed E-state index contributed by atoms with van der Waals surface area (Å²) in [5, 5.41) is 6.61. The lowest BCUT2D eigenvalue weighted by Crippen LogP contribution is -2.55. The van der Waals surface area contributed by atoms with E-state index in [4.69, 9.17) is 5.73 Å². The zero-order chi connectivity index (χ0) is 26.6. The van der Waals surface area contributed by atoms with Gasteiger partial charge in [-0.25, -0.2) is 18.3 Å². The van der Waals surface area contributed by atoms with E-state index in [1.54, 1.807) is 0 Å². The Bertz CT molecular complexity index is 1390. The Kier molecular flexibility index (Phi) is 6.09. The van der Waals surface area contributed by atoms with Crippen LogP contribution in [0.2, 0.25) is 0 Å². The maximum absolute atomic E-state index is 15.0. The van der Waals surface area contributed by atoms with E-state index >= 15 is 4.39 Å². The number of carbonyl (C=O) groups is 2. The Labute approximate surface area is 217 Å². The van der Waals surface area contributed by atoms with Gasteiger partial charge in [-0.2, -0.15) is 0 Å². The quantitative estimate of drug-likeness (QED) is 0.528. The molecular formula is C25H29F2N9O2. The average Bonchev–Trinajstić information content (AvgIpc) is 3.30. The van der Waals surface area contributed by atoms with Gasteiger partial charge in [-0.15, -0.1) is 5.10 Å². The van der Waals surface area contributed by atoms with Gasteiger partial charge in [0.15, 0.2) is 23.1 Å². The van der Waals surface area contributed by atoms with Gasteiger partial charge in [0, 0.05) is 44.2 Å². The maximum atomic E-state index is 15.0. The molecule has 2 unspecified atom stereocenters. The standard InChI is InChI=1S/C25H29F2N9O2/c1-33-16-2-3-17(33)13-35(12-16)25(38)14-4-6-34(7-5-14)21-18(27)9-29-10-19(21)31-24(37)20-22(28)32-36-11-15(26)8-30-23(20)36/h8-11,14,16-17H,2-7,12-13H2,1H3,(H2,28,32)(H,31,37). The minimum atomic E-state index is -0.667. The lowest BCUT2D eigenvalue weighted by Gasteiger charge is -2.41. The lowest BCUT2D eigenvalue weighted by molar-refractivity contribution is -0.139. The second-order valence-corrected chi connectivity index (χ2v) is 10.3. The molecule has 11 nitrogen and oxygen atoms in total. The topological polar surface area (TPSA) is 125 Å². The van der Waals surface area contributed by atoms with Gasteiger partial charge < -0.3 is 20.9 Å². The Hall–Kier alpha value is -3.87. The monoisotopic (exact) mass is 525 g/mol. The van der Waals surface area contributed by atoms with Crippen molar-refractivity contribution >= 4 is 34.7 Å². The molecule has 3 saturated heterocycles. The molecule has 13 heteroatoms. The van der Waals surface area contributed by atoms with Crippen LogP contribution in [0.5, 0.6) is 0 Å². The minimum Gasteiger partial charge on any atom is -0.381 e. The van der Waals surface area contributed by atoms with Crippen LogP contribution in [0.15, 0.2) is 24.8 Å². The molecule has 3 aliphatic rings. The van der Waals surface area contributed by atoms with Crippen LogP contribution in [0.4, 0.5) is 26.0 Å². The van der Waals surface area contributed by atoms with Gasteiger partial charge in [-0.05, 0) is 32.7 Å². The Morgan fingerprint density at radius 3 is 2.47 bits per heavy atom. The highest BCUT2D eigenvalue weighted by molar-refractivity contribution is 6.12. The zero-order valence-corrected chi connectivity index (χ0v) is 21.0. The molecular weight excluding hydrogens is 496 g/mol. The van der Waals surface area contributed by atoms with E-state index in [1.807, 2.05) is 9.80 Å². The number of rotatable bonds is 4. The van der Waals surface area contributed by atoms with E-state index in [0.29, 0.717) is 38.0 Å². The van der Waals surface area contributed by atoms with Crippen molar-refractivity contribution in [1.82, 2.24) is 29.4 Å². The molecule has 6 heterocycles. The summed E-state index contributed by atoms with van der Waals surface area (Å²) in [5.74, 6) is -1.95. The van der Waals surface area contributed by atoms with Crippen LogP contribution >= 0.6 is 0 Å². The number of nitrogen functional groups attached to an aromatic ring is 1. The number of aromatic nitrogens is 4. The molecule has 2 amide bonds. The SMILES string of the molecule is CN1C2CCC1CN(C(=O)C1CCN(c3c(F)cncc3NC(=O)c3c(N)nn4cc(F)cnc34)CC1)C2. The molecule has 3 fully saturated rings. The van der Waals surface area contributed by atoms with Crippen LogP contribution in [0.1, 0.15) is 36.0 Å². The van der Waals surface area contributed by atoms with Gasteiger partial charge in [0.1, 0.15) is 11.3 Å². The second kappa shape index (κ2) is 9.46. The Balaban J connectivity index is 1.16. The van der Waals surface area contributed by atoms with Crippen LogP contribution in [0, 0.1) is 17.6 Å². The van der Waals surface area contributed by atoms with Crippen LogP contribution in [-0.2, 0) is 4.79 Å². The molecule has 3 aromatic heterocycles. The molecule has 0 spiro atoms. The first kappa shape index (κ1) is 24.5. The third-order valence-electron chi connectivity index (χ3n) is 8.14. The van der Waals surface area contributed by atoms with Crippen LogP contribution in [-0.4, -0.2) is 86.5 Å². The molecule has 200 valence electrons. The molecule has 0 aromatic carbocycles. The van der Waals surface area contributed by atoms with E-state index in [0.717, 1.165) is 49.0 Å². The van der Waals surface area contributed by atoms with Crippen LogP contribution in [0.25, 0.3) is 5.65 Å². The third-order valence-corrected chi connectivity index (χ3v) is 8.14. The summed E-state index contributed by atoms with van der Waals surface area (Å²) in [5.41, 5.74) is 6.29. The highest BCUT2D eigenvalue weighted by atomic mass is 19.1. The second-order valence-electron chi connectivity index (χ2n) is 10.3. The number of anilines is 3. The number of likely N-dealkylation sites (N-methyl/N-ethyl adjacent to an activating group) is 1. The summed E-state index contributed by atoms with van der Waals surface area (Å²) in [6.45, 7) is 2.46. The van der Waals surface area contributed by atoms with Gasteiger partial charge in [-0.3, -0.25) is 19.5 Å². The Morgan fingerprint density at radius 2 is 1.76 bits per heavy atom. The number of fused-ring (bicyclic) bond motifs is 3. The number of likely N-dealkylation sites (tertiary alicyclic amines) is 1. The highest BCUT2D eigenvalue weighted by Crippen LogP contribution is 2.34. The van der Waals surface area contributed by atoms with Crippen molar-refractivity contribution in [1.29, 1.82) is 0 Å². The van der Waals surface area contributed by atoms with Crippen molar-refractivity contribution in [3.8, 4) is 0 Å². The van der Waals surface area contributed by atoms with Gasteiger partial charge in [0.25, 0.3) is 5.91 Å². The molecule has 0 radical (unpaired) electrons. The smallest absolute Gasteiger partial charge is 0.263 e. The summed E-state index contributed by atoms with van der Waals surface area (Å²) in [6, 6.07) is 0.873. The van der Waals surface area contributed by atoms with E-state index in [9.17, 15) is 14.0 Å². The molecule has 0 aliphatic carbocycles. The molecule has 3 aromatic rings. The molecule has 3 aliphatic heterocycles. The summed E-state index contributed by atoms with van der Waals surface area (Å²) in [7, 11) is 2.14. The number of nitrogens with one attached hydrogen (secondary N) is 1.